The van der Waals surface area contributed by atoms with E-state index in [-0.39, 0.29) is 5.43 Å². The molecule has 0 saturated carbocycles. The van der Waals surface area contributed by atoms with E-state index >= 15 is 0 Å². The van der Waals surface area contributed by atoms with Gasteiger partial charge in [-0.2, -0.15) is 0 Å². The van der Waals surface area contributed by atoms with Crippen LogP contribution < -0.4 is 5.43 Å². The van der Waals surface area contributed by atoms with Crippen molar-refractivity contribution in [2.75, 3.05) is 14.2 Å². The number of aromatic nitrogens is 2. The molecule has 0 atom stereocenters. The van der Waals surface area contributed by atoms with Crippen molar-refractivity contribution in [2.45, 2.75) is 13.5 Å². The Morgan fingerprint density at radius 3 is 2.73 bits per heavy atom. The van der Waals surface area contributed by atoms with Gasteiger partial charge in [-0.05, 0) is 31.2 Å². The number of para-hydroxylation sites is 1. The highest BCUT2D eigenvalue weighted by Crippen LogP contribution is 2.19. The minimum absolute atomic E-state index is 0.0795. The third-order valence-corrected chi connectivity index (χ3v) is 4.28. The molecule has 26 heavy (non-hydrogen) atoms. The number of hydrogen-bond acceptors (Lipinski definition) is 4. The minimum atomic E-state index is -0.0795. The molecule has 0 N–H and O–H groups in total. The third kappa shape index (κ3) is 3.31. The minimum Gasteiger partial charge on any atom is -0.341 e. The van der Waals surface area contributed by atoms with E-state index in [1.54, 1.807) is 7.05 Å². The Kier molecular flexibility index (Phi) is 5.03. The van der Waals surface area contributed by atoms with E-state index in [1.165, 1.54) is 12.2 Å². The summed E-state index contributed by atoms with van der Waals surface area (Å²) < 4.78 is 2.02. The third-order valence-electron chi connectivity index (χ3n) is 4.28. The van der Waals surface area contributed by atoms with Crippen molar-refractivity contribution >= 4 is 16.6 Å². The summed E-state index contributed by atoms with van der Waals surface area (Å²) in [6.45, 7) is 6.22. The first-order valence-corrected chi connectivity index (χ1v) is 8.28. The largest absolute Gasteiger partial charge is 0.341 e. The average molecular weight is 347 g/mol. The van der Waals surface area contributed by atoms with Crippen molar-refractivity contribution in [3.8, 4) is 0 Å². The van der Waals surface area contributed by atoms with Crippen molar-refractivity contribution in [1.29, 1.82) is 0 Å². The van der Waals surface area contributed by atoms with Gasteiger partial charge in [0, 0.05) is 24.3 Å². The number of rotatable bonds is 5. The highest BCUT2D eigenvalue weighted by atomic mass is 16.7. The Hall–Kier alpha value is -3.14. The summed E-state index contributed by atoms with van der Waals surface area (Å²) >= 11 is 0. The zero-order valence-electron chi connectivity index (χ0n) is 15.2. The van der Waals surface area contributed by atoms with Crippen LogP contribution in [0.1, 0.15) is 17.0 Å². The molecule has 5 nitrogen and oxygen atoms in total. The second-order valence-corrected chi connectivity index (χ2v) is 5.99. The van der Waals surface area contributed by atoms with Gasteiger partial charge >= 0.3 is 0 Å². The van der Waals surface area contributed by atoms with Crippen molar-refractivity contribution in [3.63, 3.8) is 0 Å². The standard InChI is InChI=1S/C21H21N3O2/c1-5-19(23(3)26-4)18-14-24(13-16-10-8-9-15(2)22-16)20-12-7-6-11-17(20)21(18)25/h6-12,14H,1,13H2,2-4H3. The van der Waals surface area contributed by atoms with Crippen molar-refractivity contribution in [1.82, 2.24) is 14.6 Å². The van der Waals surface area contributed by atoms with Crippen molar-refractivity contribution in [3.05, 3.63) is 88.1 Å². The molecule has 0 fully saturated rings. The highest BCUT2D eigenvalue weighted by Gasteiger charge is 2.15. The molecule has 0 aliphatic rings. The Balaban J connectivity index is 2.24. The normalized spacial score (nSPS) is 10.6. The first-order valence-electron chi connectivity index (χ1n) is 8.28. The van der Waals surface area contributed by atoms with Crippen LogP contribution in [0.2, 0.25) is 0 Å². The fourth-order valence-corrected chi connectivity index (χ4v) is 2.97. The number of pyridine rings is 2. The number of nitrogens with zero attached hydrogens (tertiary/aromatic N) is 3. The van der Waals surface area contributed by atoms with Crippen LogP contribution in [0.3, 0.4) is 0 Å². The molecular weight excluding hydrogens is 326 g/mol. The first kappa shape index (κ1) is 17.7. The molecule has 0 radical (unpaired) electrons. The van der Waals surface area contributed by atoms with Crippen LogP contribution in [0, 0.1) is 6.92 Å². The van der Waals surface area contributed by atoms with Gasteiger partial charge in [-0.25, -0.2) is 5.06 Å². The Bertz CT molecular complexity index is 1060. The Morgan fingerprint density at radius 1 is 1.27 bits per heavy atom. The lowest BCUT2D eigenvalue weighted by atomic mass is 10.1. The summed E-state index contributed by atoms with van der Waals surface area (Å²) in [5, 5.41) is 2.11. The smallest absolute Gasteiger partial charge is 0.199 e. The quantitative estimate of drug-likeness (QED) is 0.524. The van der Waals surface area contributed by atoms with E-state index < -0.39 is 0 Å². The fourth-order valence-electron chi connectivity index (χ4n) is 2.97. The second kappa shape index (κ2) is 7.40. The van der Waals surface area contributed by atoms with Crippen LogP contribution in [0.25, 0.3) is 16.6 Å². The molecule has 3 rings (SSSR count). The zero-order chi connectivity index (χ0) is 18.7. The van der Waals surface area contributed by atoms with Gasteiger partial charge in [0.15, 0.2) is 5.43 Å². The second-order valence-electron chi connectivity index (χ2n) is 5.99. The van der Waals surface area contributed by atoms with Gasteiger partial charge in [0.25, 0.3) is 0 Å². The highest BCUT2D eigenvalue weighted by molar-refractivity contribution is 5.82. The summed E-state index contributed by atoms with van der Waals surface area (Å²) in [6.07, 6.45) is 1.82. The van der Waals surface area contributed by atoms with E-state index in [9.17, 15) is 4.79 Å². The number of hydroxylamine groups is 2. The van der Waals surface area contributed by atoms with Gasteiger partial charge in [0.05, 0.1) is 30.4 Å². The molecule has 0 unspecified atom stereocenters. The maximum absolute atomic E-state index is 13.0. The molecule has 2 heterocycles. The van der Waals surface area contributed by atoms with E-state index in [0.29, 0.717) is 23.2 Å². The average Bonchev–Trinajstić information content (AvgIpc) is 2.65. The predicted molar refractivity (Wildman–Crippen MR) is 104 cm³/mol. The van der Waals surface area contributed by atoms with E-state index in [4.69, 9.17) is 4.84 Å². The Morgan fingerprint density at radius 2 is 2.04 bits per heavy atom. The molecule has 0 aliphatic heterocycles. The number of aryl methyl sites for hydroxylation is 1. The summed E-state index contributed by atoms with van der Waals surface area (Å²) in [5.41, 5.74) is 6.45. The first-order chi connectivity index (χ1) is 12.5. The van der Waals surface area contributed by atoms with Crippen LogP contribution in [0.5, 0.6) is 0 Å². The van der Waals surface area contributed by atoms with Gasteiger partial charge in [-0.1, -0.05) is 24.8 Å². The molecular formula is C21H21N3O2. The van der Waals surface area contributed by atoms with Gasteiger partial charge in [0.1, 0.15) is 5.70 Å². The van der Waals surface area contributed by atoms with Crippen molar-refractivity contribution < 1.29 is 4.84 Å². The number of benzene rings is 1. The van der Waals surface area contributed by atoms with Gasteiger partial charge in [-0.15, -0.1) is 5.73 Å². The SMILES string of the molecule is C=C=C(c1cn(Cc2cccc(C)n2)c2ccccc2c1=O)N(C)OC. The van der Waals surface area contributed by atoms with Crippen LogP contribution in [-0.2, 0) is 11.4 Å². The monoisotopic (exact) mass is 347 g/mol. The van der Waals surface area contributed by atoms with E-state index in [2.05, 4.69) is 17.3 Å². The van der Waals surface area contributed by atoms with Crippen LogP contribution in [0.15, 0.2) is 65.8 Å². The number of hydrogen-bond donors (Lipinski definition) is 0. The molecule has 0 bridgehead atoms. The van der Waals surface area contributed by atoms with E-state index in [1.807, 2.05) is 60.2 Å². The van der Waals surface area contributed by atoms with Crippen LogP contribution in [-0.4, -0.2) is 28.8 Å². The van der Waals surface area contributed by atoms with Crippen LogP contribution >= 0.6 is 0 Å². The number of fused-ring (bicyclic) bond motifs is 1. The predicted octanol–water partition coefficient (Wildman–Crippen LogP) is 3.37. The van der Waals surface area contributed by atoms with Gasteiger partial charge < -0.3 is 4.57 Å². The van der Waals surface area contributed by atoms with Crippen LogP contribution in [0.4, 0.5) is 0 Å². The fraction of sp³-hybridized carbons (Fsp3) is 0.190. The molecule has 0 saturated heterocycles. The molecule has 0 amide bonds. The lowest BCUT2D eigenvalue weighted by Crippen LogP contribution is -2.22. The zero-order valence-corrected chi connectivity index (χ0v) is 15.2. The lowest BCUT2D eigenvalue weighted by molar-refractivity contribution is -0.0526. The summed E-state index contributed by atoms with van der Waals surface area (Å²) in [7, 11) is 3.25. The molecule has 0 aliphatic carbocycles. The lowest BCUT2D eigenvalue weighted by Gasteiger charge is -2.20. The molecule has 0 spiro atoms. The van der Waals surface area contributed by atoms with E-state index in [0.717, 1.165) is 16.9 Å². The molecule has 3 aromatic rings. The summed E-state index contributed by atoms with van der Waals surface area (Å²) in [6, 6.07) is 13.5. The van der Waals surface area contributed by atoms with Gasteiger partial charge in [0.2, 0.25) is 0 Å². The molecule has 5 heteroatoms. The molecule has 2 aromatic heterocycles. The molecule has 132 valence electrons. The topological polar surface area (TPSA) is 47.4 Å². The maximum atomic E-state index is 13.0. The Labute approximate surface area is 152 Å². The summed E-state index contributed by atoms with van der Waals surface area (Å²) in [5.74, 6) is 0. The summed E-state index contributed by atoms with van der Waals surface area (Å²) in [4.78, 5) is 22.8. The van der Waals surface area contributed by atoms with Gasteiger partial charge in [-0.3, -0.25) is 14.6 Å². The van der Waals surface area contributed by atoms with Crippen molar-refractivity contribution in [2.24, 2.45) is 0 Å². The maximum Gasteiger partial charge on any atom is 0.199 e. The molecule has 1 aromatic carbocycles.